The second kappa shape index (κ2) is 14.7. The molecule has 0 unspecified atom stereocenters. The molecular weight excluding hydrogens is 619 g/mol. The fourth-order valence-corrected chi connectivity index (χ4v) is 7.45. The molecule has 0 spiro atoms. The van der Waals surface area contributed by atoms with Crippen molar-refractivity contribution >= 4 is 21.8 Å². The van der Waals surface area contributed by atoms with Gasteiger partial charge in [-0.05, 0) is 46.0 Å². The van der Waals surface area contributed by atoms with Gasteiger partial charge in [-0.3, -0.25) is 0 Å². The minimum Gasteiger partial charge on any atom is -0.392 e. The van der Waals surface area contributed by atoms with Crippen LogP contribution in [0, 0.1) is 5.92 Å². The minimum atomic E-state index is -3.65. The lowest BCUT2D eigenvalue weighted by Crippen LogP contribution is -2.38. The van der Waals surface area contributed by atoms with Gasteiger partial charge >= 0.3 is 0 Å². The number of sulfonamides is 1. The van der Waals surface area contributed by atoms with E-state index < -0.39 is 16.3 Å². The van der Waals surface area contributed by atoms with Crippen molar-refractivity contribution in [2.45, 2.75) is 48.6 Å². The Kier molecular flexibility index (Phi) is 10.2. The summed E-state index contributed by atoms with van der Waals surface area (Å²) in [5.41, 5.74) is 5.49. The molecule has 5 aromatic rings. The zero-order chi connectivity index (χ0) is 31.9. The van der Waals surface area contributed by atoms with Crippen LogP contribution in [0.4, 0.5) is 0 Å². The number of hydrogen-bond acceptors (Lipinski definition) is 8. The third kappa shape index (κ3) is 7.55. The second-order valence-electron chi connectivity index (χ2n) is 11.1. The van der Waals surface area contributed by atoms with Crippen LogP contribution in [-0.2, 0) is 32.6 Å². The predicted octanol–water partition coefficient (Wildman–Crippen LogP) is 6.70. The molecule has 0 bridgehead atoms. The van der Waals surface area contributed by atoms with Crippen LogP contribution >= 0.6 is 11.8 Å². The third-order valence-corrected chi connectivity index (χ3v) is 10.4. The van der Waals surface area contributed by atoms with Crippen molar-refractivity contribution in [3.05, 3.63) is 144 Å². The summed E-state index contributed by atoms with van der Waals surface area (Å²) in [5, 5.41) is 10.2. The lowest BCUT2D eigenvalue weighted by atomic mass is 9.91. The van der Waals surface area contributed by atoms with Gasteiger partial charge in [0.1, 0.15) is 0 Å². The molecule has 4 atom stereocenters. The van der Waals surface area contributed by atoms with Crippen molar-refractivity contribution in [2.75, 3.05) is 5.75 Å². The number of aromatic nitrogens is 2. The van der Waals surface area contributed by atoms with Gasteiger partial charge in [0.15, 0.2) is 11.4 Å². The maximum atomic E-state index is 12.9. The summed E-state index contributed by atoms with van der Waals surface area (Å²) in [6.07, 6.45) is 2.48. The molecule has 10 heteroatoms. The Balaban J connectivity index is 1.22. The molecule has 1 saturated heterocycles. The van der Waals surface area contributed by atoms with Crippen molar-refractivity contribution in [2.24, 2.45) is 5.92 Å². The first-order valence-electron chi connectivity index (χ1n) is 15.0. The number of thioether (sulfide) groups is 1. The third-order valence-electron chi connectivity index (χ3n) is 8.06. The highest BCUT2D eigenvalue weighted by atomic mass is 32.2. The van der Waals surface area contributed by atoms with Gasteiger partial charge < -0.3 is 14.6 Å². The molecule has 0 saturated carbocycles. The van der Waals surface area contributed by atoms with Crippen LogP contribution in [-0.4, -0.2) is 35.3 Å². The maximum Gasteiger partial charge on any atom is 0.240 e. The Bertz CT molecular complexity index is 1820. The number of nitrogens with one attached hydrogen (secondary N) is 1. The van der Waals surface area contributed by atoms with E-state index in [1.54, 1.807) is 60.6 Å². The van der Waals surface area contributed by atoms with Gasteiger partial charge in [-0.25, -0.2) is 23.1 Å². The summed E-state index contributed by atoms with van der Waals surface area (Å²) in [6, 6.07) is 33.8. The molecule has 1 aliphatic rings. The van der Waals surface area contributed by atoms with Crippen molar-refractivity contribution in [3.63, 3.8) is 0 Å². The van der Waals surface area contributed by atoms with Crippen molar-refractivity contribution in [1.29, 1.82) is 0 Å². The number of rotatable bonds is 11. The van der Waals surface area contributed by atoms with E-state index in [4.69, 9.17) is 9.47 Å². The highest BCUT2D eigenvalue weighted by Crippen LogP contribution is 2.43. The van der Waals surface area contributed by atoms with Crippen molar-refractivity contribution in [1.82, 2.24) is 14.7 Å². The van der Waals surface area contributed by atoms with E-state index in [1.165, 1.54) is 0 Å². The van der Waals surface area contributed by atoms with E-state index in [9.17, 15) is 13.5 Å². The summed E-state index contributed by atoms with van der Waals surface area (Å²) in [6.45, 7) is 2.27. The fraction of sp³-hybridized carbons (Fsp3) is 0.222. The molecule has 2 N–H and O–H groups in total. The lowest BCUT2D eigenvalue weighted by Gasteiger charge is -2.41. The van der Waals surface area contributed by atoms with E-state index >= 15 is 0 Å². The Hall–Kier alpha value is -3.90. The number of hydrogen-bond donors (Lipinski definition) is 2. The molecule has 0 radical (unpaired) electrons. The average Bonchev–Trinajstić information content (AvgIpc) is 3.11. The molecule has 2 heterocycles. The zero-order valence-electron chi connectivity index (χ0n) is 25.3. The second-order valence-corrected chi connectivity index (χ2v) is 13.8. The monoisotopic (exact) mass is 653 g/mol. The number of benzene rings is 4. The molecule has 6 rings (SSSR count). The van der Waals surface area contributed by atoms with Crippen LogP contribution in [0.25, 0.3) is 11.1 Å². The number of nitrogens with zero attached hydrogens (tertiary/aromatic N) is 2. The normalized spacial score (nSPS) is 20.0. The van der Waals surface area contributed by atoms with Gasteiger partial charge in [0.2, 0.25) is 10.0 Å². The SMILES string of the molecule is C[C@@H]1[C@H](CSc2ncccn2)O[C@H](c2ccc(-c3ccccc3CNS(=O)(=O)c3ccccc3)cc2)O[C@@H]1c1ccc(CO)cc1. The molecule has 1 aromatic heterocycles. The molecule has 46 heavy (non-hydrogen) atoms. The predicted molar refractivity (Wildman–Crippen MR) is 178 cm³/mol. The van der Waals surface area contributed by atoms with Crippen LogP contribution < -0.4 is 4.72 Å². The molecular formula is C36H35N3O5S2. The van der Waals surface area contributed by atoms with Crippen molar-refractivity contribution < 1.29 is 23.0 Å². The summed E-state index contributed by atoms with van der Waals surface area (Å²) < 4.78 is 41.6. The number of aliphatic hydroxyl groups excluding tert-OH is 1. The minimum absolute atomic E-state index is 0.0161. The standard InChI is InChI=1S/C36H35N3O5S2/c1-25-33(24-45-36-37-20-7-21-38-36)43-35(44-34(25)28-14-12-26(23-40)13-15-28)29-18-16-27(17-19-29)32-11-6-5-8-30(32)22-39-46(41,42)31-9-3-2-4-10-31/h2-21,25,33-35,39-40H,22-24H2,1H3/t25-,33+,34+,35+/m1/s1. The molecule has 1 aliphatic heterocycles. The van der Waals surface area contributed by atoms with Gasteiger partial charge in [-0.15, -0.1) is 0 Å². The molecule has 4 aromatic carbocycles. The maximum absolute atomic E-state index is 12.9. The zero-order valence-corrected chi connectivity index (χ0v) is 26.9. The van der Waals surface area contributed by atoms with E-state index in [0.717, 1.165) is 33.4 Å². The van der Waals surface area contributed by atoms with Gasteiger partial charge in [0.05, 0.1) is 23.7 Å². The molecule has 0 amide bonds. The highest BCUT2D eigenvalue weighted by Gasteiger charge is 2.38. The summed E-state index contributed by atoms with van der Waals surface area (Å²) in [4.78, 5) is 8.94. The summed E-state index contributed by atoms with van der Waals surface area (Å²) >= 11 is 1.55. The van der Waals surface area contributed by atoms with E-state index in [-0.39, 0.29) is 36.2 Å². The lowest BCUT2D eigenvalue weighted by molar-refractivity contribution is -0.268. The van der Waals surface area contributed by atoms with Gasteiger partial charge in [0.25, 0.3) is 0 Å². The summed E-state index contributed by atoms with van der Waals surface area (Å²) in [5.74, 6) is 0.693. The Morgan fingerprint density at radius 2 is 1.48 bits per heavy atom. The van der Waals surface area contributed by atoms with Gasteiger partial charge in [-0.2, -0.15) is 0 Å². The van der Waals surface area contributed by atoms with Crippen molar-refractivity contribution in [3.8, 4) is 11.1 Å². The van der Waals surface area contributed by atoms with Crippen LogP contribution in [0.15, 0.2) is 132 Å². The van der Waals surface area contributed by atoms with Crippen LogP contribution in [0.1, 0.15) is 41.6 Å². The first kappa shape index (κ1) is 32.1. The fourth-order valence-electron chi connectivity index (χ4n) is 5.46. The topological polar surface area (TPSA) is 111 Å². The smallest absolute Gasteiger partial charge is 0.240 e. The van der Waals surface area contributed by atoms with E-state index in [0.29, 0.717) is 10.9 Å². The Morgan fingerprint density at radius 3 is 2.20 bits per heavy atom. The molecule has 236 valence electrons. The van der Waals surface area contributed by atoms with E-state index in [1.807, 2.05) is 72.8 Å². The molecule has 8 nitrogen and oxygen atoms in total. The van der Waals surface area contributed by atoms with Gasteiger partial charge in [0, 0.05) is 36.2 Å². The Morgan fingerprint density at radius 1 is 0.804 bits per heavy atom. The highest BCUT2D eigenvalue weighted by molar-refractivity contribution is 7.99. The van der Waals surface area contributed by atoms with E-state index in [2.05, 4.69) is 21.6 Å². The summed E-state index contributed by atoms with van der Waals surface area (Å²) in [7, 11) is -3.65. The first-order chi connectivity index (χ1) is 22.4. The van der Waals surface area contributed by atoms with Crippen LogP contribution in [0.5, 0.6) is 0 Å². The number of aliphatic hydroxyl groups is 1. The Labute approximate surface area is 273 Å². The molecule has 0 aliphatic carbocycles. The molecule has 1 fully saturated rings. The van der Waals surface area contributed by atoms with Crippen LogP contribution in [0.2, 0.25) is 0 Å². The first-order valence-corrected chi connectivity index (χ1v) is 17.5. The van der Waals surface area contributed by atoms with Gasteiger partial charge in [-0.1, -0.05) is 110 Å². The number of ether oxygens (including phenoxy) is 2. The average molecular weight is 654 g/mol. The largest absolute Gasteiger partial charge is 0.392 e. The van der Waals surface area contributed by atoms with Crippen LogP contribution in [0.3, 0.4) is 0 Å². The quantitative estimate of drug-likeness (QED) is 0.120.